The van der Waals surface area contributed by atoms with E-state index in [-0.39, 0.29) is 12.3 Å². The molecule has 1 fully saturated rings. The molecular weight excluding hydrogens is 318 g/mol. The molecule has 2 N–H and O–H groups in total. The monoisotopic (exact) mass is 335 g/mol. The van der Waals surface area contributed by atoms with Gasteiger partial charge in [-0.05, 0) is 46.7 Å². The molecule has 0 atom stereocenters. The summed E-state index contributed by atoms with van der Waals surface area (Å²) in [6.45, 7) is 0. The lowest BCUT2D eigenvalue weighted by molar-refractivity contribution is -0.148. The number of carbonyl (C=O) groups excluding carboxylic acids is 1. The Morgan fingerprint density at radius 2 is 1.95 bits per heavy atom. The van der Waals surface area contributed by atoms with Crippen molar-refractivity contribution >= 4 is 45.1 Å². The Morgan fingerprint density at radius 3 is 2.68 bits per heavy atom. The maximum atomic E-state index is 12.4. The summed E-state index contributed by atoms with van der Waals surface area (Å²) in [5.41, 5.74) is -0.127. The van der Waals surface area contributed by atoms with Gasteiger partial charge in [0.25, 0.3) is 0 Å². The van der Waals surface area contributed by atoms with Crippen LogP contribution in [0, 0.1) is 0 Å². The van der Waals surface area contributed by atoms with E-state index in [1.165, 1.54) is 0 Å². The molecule has 0 unspecified atom stereocenters. The molecule has 1 amide bonds. The Morgan fingerprint density at radius 1 is 1.23 bits per heavy atom. The molecule has 1 saturated heterocycles. The number of carboxylic acid groups (broad SMARTS) is 1. The minimum Gasteiger partial charge on any atom is -0.480 e. The molecule has 2 heterocycles. The van der Waals surface area contributed by atoms with Crippen molar-refractivity contribution in [2.24, 2.45) is 0 Å². The second-order valence-corrected chi connectivity index (χ2v) is 7.62. The summed E-state index contributed by atoms with van der Waals surface area (Å²) in [6.07, 6.45) is 1.21. The van der Waals surface area contributed by atoms with Crippen LogP contribution < -0.4 is 5.32 Å². The molecule has 1 aliphatic rings. The second kappa shape index (κ2) is 6.30. The summed E-state index contributed by atoms with van der Waals surface area (Å²) in [6, 6.07) is 7.95. The van der Waals surface area contributed by atoms with Crippen LogP contribution in [0.15, 0.2) is 29.6 Å². The summed E-state index contributed by atoms with van der Waals surface area (Å²) in [4.78, 5) is 24.0. The summed E-state index contributed by atoms with van der Waals surface area (Å²) in [5.74, 6) is 0.413. The predicted octanol–water partition coefficient (Wildman–Crippen LogP) is 2.91. The fraction of sp³-hybridized carbons (Fsp3) is 0.375. The van der Waals surface area contributed by atoms with E-state index >= 15 is 0 Å². The zero-order valence-electron chi connectivity index (χ0n) is 12.0. The van der Waals surface area contributed by atoms with Crippen LogP contribution in [0.1, 0.15) is 18.4 Å². The number of nitrogens with one attached hydrogen (secondary N) is 1. The van der Waals surface area contributed by atoms with E-state index < -0.39 is 11.5 Å². The van der Waals surface area contributed by atoms with Crippen molar-refractivity contribution in [2.45, 2.75) is 24.8 Å². The lowest BCUT2D eigenvalue weighted by Gasteiger charge is -2.33. The first-order valence-electron chi connectivity index (χ1n) is 7.18. The highest BCUT2D eigenvalue weighted by atomic mass is 32.2. The topological polar surface area (TPSA) is 66.4 Å². The number of thioether (sulfide) groups is 1. The van der Waals surface area contributed by atoms with E-state index in [9.17, 15) is 14.7 Å². The Kier molecular flexibility index (Phi) is 4.40. The second-order valence-electron chi connectivity index (χ2n) is 5.48. The average Bonchev–Trinajstić information content (AvgIpc) is 2.91. The summed E-state index contributed by atoms with van der Waals surface area (Å²) in [7, 11) is 0. The van der Waals surface area contributed by atoms with Crippen molar-refractivity contribution < 1.29 is 14.7 Å². The fourth-order valence-electron chi connectivity index (χ4n) is 2.77. The minimum atomic E-state index is -1.09. The molecule has 1 aromatic carbocycles. The van der Waals surface area contributed by atoms with Crippen LogP contribution >= 0.6 is 23.1 Å². The molecule has 1 aromatic heterocycles. The van der Waals surface area contributed by atoms with Gasteiger partial charge in [-0.15, -0.1) is 11.3 Å². The normalized spacial score (nSPS) is 17.3. The fourth-order valence-corrected chi connectivity index (χ4v) is 4.92. The molecule has 3 rings (SSSR count). The SMILES string of the molecule is O=C(Cc1csc2ccccc12)NC1(C(=O)O)CCSCC1. The minimum absolute atomic E-state index is 0.210. The quantitative estimate of drug-likeness (QED) is 0.901. The Balaban J connectivity index is 1.75. The average molecular weight is 335 g/mol. The van der Waals surface area contributed by atoms with E-state index in [1.54, 1.807) is 23.1 Å². The third-order valence-electron chi connectivity index (χ3n) is 4.05. The van der Waals surface area contributed by atoms with Crippen LogP contribution in [-0.4, -0.2) is 34.0 Å². The van der Waals surface area contributed by atoms with Crippen molar-refractivity contribution in [3.05, 3.63) is 35.2 Å². The van der Waals surface area contributed by atoms with Gasteiger partial charge in [0.05, 0.1) is 6.42 Å². The zero-order valence-corrected chi connectivity index (χ0v) is 13.6. The van der Waals surface area contributed by atoms with E-state index in [0.29, 0.717) is 12.8 Å². The van der Waals surface area contributed by atoms with Crippen LogP contribution in [0.2, 0.25) is 0 Å². The summed E-state index contributed by atoms with van der Waals surface area (Å²) >= 11 is 3.34. The molecule has 116 valence electrons. The first-order valence-corrected chi connectivity index (χ1v) is 9.21. The molecule has 4 nitrogen and oxygen atoms in total. The van der Waals surface area contributed by atoms with Crippen molar-refractivity contribution in [2.75, 3.05) is 11.5 Å². The number of carbonyl (C=O) groups is 2. The van der Waals surface area contributed by atoms with E-state index in [1.807, 2.05) is 29.6 Å². The van der Waals surface area contributed by atoms with Gasteiger partial charge in [-0.1, -0.05) is 18.2 Å². The van der Waals surface area contributed by atoms with Crippen molar-refractivity contribution in [1.29, 1.82) is 0 Å². The van der Waals surface area contributed by atoms with Gasteiger partial charge >= 0.3 is 5.97 Å². The van der Waals surface area contributed by atoms with Gasteiger partial charge in [-0.3, -0.25) is 4.79 Å². The number of rotatable bonds is 4. The van der Waals surface area contributed by atoms with Gasteiger partial charge in [-0.25, -0.2) is 4.79 Å². The van der Waals surface area contributed by atoms with Crippen molar-refractivity contribution in [1.82, 2.24) is 5.32 Å². The van der Waals surface area contributed by atoms with Crippen LogP contribution in [0.25, 0.3) is 10.1 Å². The standard InChI is InChI=1S/C16H17NO3S2/c18-14(17-16(15(19)20)5-7-21-8-6-16)9-11-10-22-13-4-2-1-3-12(11)13/h1-4,10H,5-9H2,(H,17,18)(H,19,20). The number of benzene rings is 1. The number of carboxylic acids is 1. The van der Waals surface area contributed by atoms with Crippen LogP contribution in [0.4, 0.5) is 0 Å². The number of hydrogen-bond donors (Lipinski definition) is 2. The highest BCUT2D eigenvalue weighted by Crippen LogP contribution is 2.29. The van der Waals surface area contributed by atoms with Crippen LogP contribution in [-0.2, 0) is 16.0 Å². The number of amides is 1. The van der Waals surface area contributed by atoms with Gasteiger partial charge < -0.3 is 10.4 Å². The smallest absolute Gasteiger partial charge is 0.329 e. The lowest BCUT2D eigenvalue weighted by atomic mass is 9.92. The highest BCUT2D eigenvalue weighted by Gasteiger charge is 2.41. The molecule has 0 radical (unpaired) electrons. The zero-order chi connectivity index (χ0) is 15.6. The third kappa shape index (κ3) is 2.98. The number of thiophene rings is 1. The lowest BCUT2D eigenvalue weighted by Crippen LogP contribution is -2.56. The van der Waals surface area contributed by atoms with Gasteiger partial charge in [-0.2, -0.15) is 11.8 Å². The number of fused-ring (bicyclic) bond motifs is 1. The van der Waals surface area contributed by atoms with Crippen LogP contribution in [0.5, 0.6) is 0 Å². The van der Waals surface area contributed by atoms with Gasteiger partial charge in [0.1, 0.15) is 5.54 Å². The first kappa shape index (κ1) is 15.4. The van der Waals surface area contributed by atoms with E-state index in [4.69, 9.17) is 0 Å². The van der Waals surface area contributed by atoms with Crippen molar-refractivity contribution in [3.8, 4) is 0 Å². The molecule has 6 heteroatoms. The molecular formula is C16H17NO3S2. The maximum Gasteiger partial charge on any atom is 0.329 e. The van der Waals surface area contributed by atoms with E-state index in [2.05, 4.69) is 5.32 Å². The van der Waals surface area contributed by atoms with E-state index in [0.717, 1.165) is 27.2 Å². The summed E-state index contributed by atoms with van der Waals surface area (Å²) < 4.78 is 1.15. The third-order valence-corrected chi connectivity index (χ3v) is 6.04. The highest BCUT2D eigenvalue weighted by molar-refractivity contribution is 7.99. The molecule has 0 spiro atoms. The van der Waals surface area contributed by atoms with Crippen LogP contribution in [0.3, 0.4) is 0 Å². The Labute approximate surface area is 136 Å². The van der Waals surface area contributed by atoms with Gasteiger partial charge in [0.2, 0.25) is 5.91 Å². The molecule has 22 heavy (non-hydrogen) atoms. The van der Waals surface area contributed by atoms with Crippen molar-refractivity contribution in [3.63, 3.8) is 0 Å². The molecule has 1 aliphatic heterocycles. The maximum absolute atomic E-state index is 12.4. The Bertz CT molecular complexity index is 704. The van der Waals surface area contributed by atoms with Gasteiger partial charge in [0, 0.05) is 4.70 Å². The largest absolute Gasteiger partial charge is 0.480 e. The first-order chi connectivity index (χ1) is 10.6. The Hall–Kier alpha value is -1.53. The molecule has 2 aromatic rings. The molecule has 0 saturated carbocycles. The number of aliphatic carboxylic acids is 1. The molecule has 0 bridgehead atoms. The predicted molar refractivity (Wildman–Crippen MR) is 90.6 cm³/mol. The van der Waals surface area contributed by atoms with Gasteiger partial charge in [0.15, 0.2) is 0 Å². The summed E-state index contributed by atoms with van der Waals surface area (Å²) in [5, 5.41) is 15.4. The molecule has 0 aliphatic carbocycles. The number of hydrogen-bond acceptors (Lipinski definition) is 4.